The predicted octanol–water partition coefficient (Wildman–Crippen LogP) is 1.72. The van der Waals surface area contributed by atoms with Crippen LogP contribution in [0.2, 0.25) is 0 Å². The number of hydrogen-bond acceptors (Lipinski definition) is 12. The summed E-state index contributed by atoms with van der Waals surface area (Å²) in [6.07, 6.45) is 8.03. The molecule has 1 aliphatic heterocycles. The van der Waals surface area contributed by atoms with Gasteiger partial charge in [0.15, 0.2) is 23.0 Å². The van der Waals surface area contributed by atoms with E-state index in [1.807, 2.05) is 12.1 Å². The molecule has 3 aromatic heterocycles. The van der Waals surface area contributed by atoms with Gasteiger partial charge >= 0.3 is 5.65 Å². The number of rotatable bonds is 7. The fourth-order valence-electron chi connectivity index (χ4n) is 4.89. The first kappa shape index (κ1) is 28.4. The fraction of sp³-hybridized carbons (Fsp3) is 0.148. The van der Waals surface area contributed by atoms with Crippen LogP contribution in [0.15, 0.2) is 78.7 Å². The van der Waals surface area contributed by atoms with Crippen molar-refractivity contribution in [2.45, 2.75) is 5.88 Å². The molecule has 14 nitrogen and oxygen atoms in total. The quantitative estimate of drug-likeness (QED) is 0.146. The van der Waals surface area contributed by atoms with Crippen LogP contribution in [0.25, 0.3) is 39.4 Å². The minimum Gasteiger partial charge on any atom is -0.747 e. The third-order valence-corrected chi connectivity index (χ3v) is 7.89. The summed E-state index contributed by atoms with van der Waals surface area (Å²) in [5.74, 6) is -0.362. The first-order valence-electron chi connectivity index (χ1n) is 12.7. The van der Waals surface area contributed by atoms with Crippen LogP contribution in [0.4, 0.5) is 11.6 Å². The van der Waals surface area contributed by atoms with E-state index < -0.39 is 32.0 Å². The molecule has 0 spiro atoms. The highest BCUT2D eigenvalue weighted by Gasteiger charge is 2.33. The number of hydrogen-bond donors (Lipinski definition) is 0. The lowest BCUT2D eigenvalue weighted by Gasteiger charge is -2.22. The maximum atomic E-state index is 11.8. The van der Waals surface area contributed by atoms with Crippen LogP contribution in [0.3, 0.4) is 0 Å². The van der Waals surface area contributed by atoms with Crippen molar-refractivity contribution in [2.24, 2.45) is 7.05 Å². The lowest BCUT2D eigenvalue weighted by molar-refractivity contribution is -0.649. The number of benzene rings is 2. The van der Waals surface area contributed by atoms with Crippen LogP contribution in [0.5, 0.6) is 0 Å². The molecule has 0 atom stereocenters. The Morgan fingerprint density at radius 1 is 0.767 bits per heavy atom. The summed E-state index contributed by atoms with van der Waals surface area (Å²) in [6, 6.07) is 14.2. The average Bonchev–Trinajstić information content (AvgIpc) is 3.33. The summed E-state index contributed by atoms with van der Waals surface area (Å²) < 4.78 is 73.5. The Balaban J connectivity index is 1.37. The monoisotopic (exact) mass is 619 g/mol. The van der Waals surface area contributed by atoms with Gasteiger partial charge in [-0.3, -0.25) is 4.90 Å². The standard InChI is InChI=1S/C27H24N8O6S2/c1-32-22(34(16-42(36,37)38)26-24(32)28-18-10-6-8-12-20(18)30-26)14-4-3-5-15-23-33(2)25-27(35(23)17-43(39,40)41)31-21-13-9-7-11-19(21)29-25/h3-15H,16-17H2,1-2H3,(H-,36,37,38,39,40,41)/p-1. The van der Waals surface area contributed by atoms with Gasteiger partial charge in [0.1, 0.15) is 37.5 Å². The number of nitrogens with zero attached hydrogens (tertiary/aromatic N) is 8. The summed E-state index contributed by atoms with van der Waals surface area (Å²) in [6.45, 7) is 0. The van der Waals surface area contributed by atoms with E-state index in [0.29, 0.717) is 45.2 Å². The molecular weight excluding hydrogens is 596 g/mol. The van der Waals surface area contributed by atoms with Crippen LogP contribution in [-0.2, 0) is 33.2 Å². The second kappa shape index (κ2) is 10.5. The van der Waals surface area contributed by atoms with E-state index in [1.165, 1.54) is 9.47 Å². The number of anilines is 2. The van der Waals surface area contributed by atoms with Crippen molar-refractivity contribution in [2.75, 3.05) is 22.7 Å². The van der Waals surface area contributed by atoms with Gasteiger partial charge in [-0.1, -0.05) is 47.5 Å². The predicted molar refractivity (Wildman–Crippen MR) is 157 cm³/mol. The number of para-hydroxylation sites is 4. The lowest BCUT2D eigenvalue weighted by atomic mass is 10.3. The maximum absolute atomic E-state index is 11.8. The Morgan fingerprint density at radius 2 is 1.33 bits per heavy atom. The summed E-state index contributed by atoms with van der Waals surface area (Å²) in [7, 11) is -5.98. The molecule has 16 heteroatoms. The summed E-state index contributed by atoms with van der Waals surface area (Å²) in [4.78, 5) is 21.2. The SMILES string of the molecule is CN1C(=CC=CC=Cc2n(CS(=O)(=O)[O-])c3nc4ccccc4nc3[n+]2C)N(CS(=O)(=O)[O-])c2nc3ccccc3nc21. The van der Waals surface area contributed by atoms with Crippen molar-refractivity contribution in [3.63, 3.8) is 0 Å². The second-order valence-corrected chi connectivity index (χ2v) is 12.4. The molecule has 0 aliphatic carbocycles. The molecule has 0 saturated heterocycles. The van der Waals surface area contributed by atoms with E-state index in [2.05, 4.69) is 19.9 Å². The van der Waals surface area contributed by atoms with E-state index in [-0.39, 0.29) is 11.5 Å². The maximum Gasteiger partial charge on any atom is 0.323 e. The van der Waals surface area contributed by atoms with Crippen LogP contribution < -0.4 is 14.4 Å². The van der Waals surface area contributed by atoms with E-state index in [1.54, 1.807) is 90.3 Å². The van der Waals surface area contributed by atoms with Crippen LogP contribution in [0, 0.1) is 0 Å². The van der Waals surface area contributed by atoms with Gasteiger partial charge < -0.3 is 14.0 Å². The molecule has 6 rings (SSSR count). The molecule has 0 amide bonds. The Morgan fingerprint density at radius 3 is 1.93 bits per heavy atom. The fourth-order valence-corrected chi connectivity index (χ4v) is 6.03. The lowest BCUT2D eigenvalue weighted by Crippen LogP contribution is -2.32. The summed E-state index contributed by atoms with van der Waals surface area (Å²) in [5, 5.41) is 0. The van der Waals surface area contributed by atoms with Gasteiger partial charge in [0.05, 0.1) is 18.1 Å². The molecule has 2 aromatic carbocycles. The molecular formula is C27H23N8O6S2-. The van der Waals surface area contributed by atoms with Crippen LogP contribution >= 0.6 is 0 Å². The molecule has 0 saturated carbocycles. The highest BCUT2D eigenvalue weighted by Crippen LogP contribution is 2.39. The molecule has 5 aromatic rings. The Kier molecular flexibility index (Phi) is 6.92. The zero-order valence-corrected chi connectivity index (χ0v) is 24.4. The van der Waals surface area contributed by atoms with Crippen LogP contribution in [0.1, 0.15) is 5.82 Å². The van der Waals surface area contributed by atoms with Gasteiger partial charge in [-0.2, -0.15) is 0 Å². The van der Waals surface area contributed by atoms with Crippen molar-refractivity contribution in [3.05, 3.63) is 84.5 Å². The van der Waals surface area contributed by atoms with Gasteiger partial charge in [-0.15, -0.1) is 0 Å². The molecule has 0 radical (unpaired) electrons. The van der Waals surface area contributed by atoms with E-state index in [9.17, 15) is 25.9 Å². The van der Waals surface area contributed by atoms with Crippen molar-refractivity contribution in [1.82, 2.24) is 24.5 Å². The van der Waals surface area contributed by atoms with Gasteiger partial charge in [-0.05, 0) is 30.3 Å². The largest absolute Gasteiger partial charge is 0.747 e. The summed E-state index contributed by atoms with van der Waals surface area (Å²) in [5.41, 5.74) is 2.93. The summed E-state index contributed by atoms with van der Waals surface area (Å²) >= 11 is 0. The molecule has 0 N–H and O–H groups in total. The number of aromatic nitrogens is 6. The van der Waals surface area contributed by atoms with Gasteiger partial charge in [0, 0.05) is 13.1 Å². The van der Waals surface area contributed by atoms with Crippen molar-refractivity contribution < 1.29 is 30.5 Å². The molecule has 4 heterocycles. The number of imidazole rings is 1. The van der Waals surface area contributed by atoms with E-state index >= 15 is 0 Å². The van der Waals surface area contributed by atoms with Crippen molar-refractivity contribution in [3.8, 4) is 0 Å². The Labute approximate surface area is 246 Å². The van der Waals surface area contributed by atoms with E-state index in [4.69, 9.17) is 0 Å². The topological polar surface area (TPSA) is 181 Å². The zero-order chi connectivity index (χ0) is 30.5. The minimum absolute atomic E-state index is 0.235. The van der Waals surface area contributed by atoms with Gasteiger partial charge in [-0.25, -0.2) is 40.9 Å². The molecule has 43 heavy (non-hydrogen) atoms. The molecule has 1 aliphatic rings. The molecule has 0 fully saturated rings. The van der Waals surface area contributed by atoms with Gasteiger partial charge in [0.25, 0.3) is 5.65 Å². The smallest absolute Gasteiger partial charge is 0.323 e. The third kappa shape index (κ3) is 5.55. The number of aryl methyl sites for hydroxylation is 1. The third-order valence-electron chi connectivity index (χ3n) is 6.74. The molecule has 0 unspecified atom stereocenters. The number of fused-ring (bicyclic) bond motifs is 4. The first-order chi connectivity index (χ1) is 20.4. The first-order valence-corrected chi connectivity index (χ1v) is 15.9. The number of allylic oxidation sites excluding steroid dienone is 4. The molecule has 220 valence electrons. The minimum atomic E-state index is -4.67. The molecule has 0 bridgehead atoms. The van der Waals surface area contributed by atoms with E-state index in [0.717, 1.165) is 0 Å². The van der Waals surface area contributed by atoms with Gasteiger partial charge in [0.2, 0.25) is 5.82 Å². The zero-order valence-electron chi connectivity index (χ0n) is 22.8. The highest BCUT2D eigenvalue weighted by atomic mass is 32.2. The van der Waals surface area contributed by atoms with Crippen molar-refractivity contribution >= 4 is 71.3 Å². The van der Waals surface area contributed by atoms with Crippen LogP contribution in [-0.4, -0.2) is 63.4 Å². The highest BCUT2D eigenvalue weighted by molar-refractivity contribution is 7.85. The van der Waals surface area contributed by atoms with Crippen molar-refractivity contribution in [1.29, 1.82) is 0 Å². The average molecular weight is 620 g/mol. The Hall–Kier alpha value is -4.77. The second-order valence-electron chi connectivity index (χ2n) is 9.69. The normalized spacial score (nSPS) is 15.3. The Bertz CT molecular complexity index is 2240.